The molecule has 6 nitrogen and oxygen atoms in total. The van der Waals surface area contributed by atoms with Crippen molar-refractivity contribution in [3.05, 3.63) is 18.2 Å². The number of carbonyl (C=O) groups excluding carboxylic acids is 1. The second kappa shape index (κ2) is 6.74. The van der Waals surface area contributed by atoms with Crippen LogP contribution in [-0.2, 0) is 9.53 Å². The molecule has 1 saturated carbocycles. The second-order valence-corrected chi connectivity index (χ2v) is 8.20. The maximum Gasteiger partial charge on any atom is 0.251 e. The zero-order valence-electron chi connectivity index (χ0n) is 15.7. The van der Waals surface area contributed by atoms with Gasteiger partial charge in [-0.3, -0.25) is 9.69 Å². The minimum absolute atomic E-state index is 0.0195. The maximum atomic E-state index is 12.4. The molecule has 1 aromatic rings. The Morgan fingerprint density at radius 1 is 1.15 bits per heavy atom. The summed E-state index contributed by atoms with van der Waals surface area (Å²) in [5.74, 6) is 1.01. The van der Waals surface area contributed by atoms with Crippen LogP contribution in [0.5, 0.6) is 11.5 Å². The van der Waals surface area contributed by atoms with Gasteiger partial charge in [0.2, 0.25) is 5.91 Å². The molecule has 1 aromatic carbocycles. The van der Waals surface area contributed by atoms with E-state index in [2.05, 4.69) is 24.1 Å². The van der Waals surface area contributed by atoms with Gasteiger partial charge in [-0.2, -0.15) is 0 Å². The zero-order chi connectivity index (χ0) is 18.2. The summed E-state index contributed by atoms with van der Waals surface area (Å²) in [7, 11) is 0. The summed E-state index contributed by atoms with van der Waals surface area (Å²) >= 11 is 0. The van der Waals surface area contributed by atoms with Crippen LogP contribution in [0.3, 0.4) is 0 Å². The molecule has 142 valence electrons. The normalized spacial score (nSPS) is 23.8. The smallest absolute Gasteiger partial charge is 0.251 e. The summed E-state index contributed by atoms with van der Waals surface area (Å²) in [5, 5.41) is 2.98. The minimum atomic E-state index is -0.484. The summed E-state index contributed by atoms with van der Waals surface area (Å²) in [5.41, 5.74) is 0.545. The third-order valence-corrected chi connectivity index (χ3v) is 5.31. The average molecular weight is 360 g/mol. The van der Waals surface area contributed by atoms with Crippen molar-refractivity contribution in [2.45, 2.75) is 57.3 Å². The summed E-state index contributed by atoms with van der Waals surface area (Å²) < 4.78 is 17.9. The van der Waals surface area contributed by atoms with Crippen molar-refractivity contribution >= 4 is 11.6 Å². The van der Waals surface area contributed by atoms with E-state index in [-0.39, 0.29) is 11.5 Å². The monoisotopic (exact) mass is 360 g/mol. The fourth-order valence-electron chi connectivity index (χ4n) is 4.12. The van der Waals surface area contributed by atoms with E-state index in [0.29, 0.717) is 13.2 Å². The molecule has 1 aliphatic carbocycles. The molecule has 0 atom stereocenters. The number of hydrogen-bond donors (Lipinski definition) is 1. The standard InChI is InChI=1S/C20H28N2O4/c1-19(2)14-22(10-11-24-19)13-18(23)21-15-6-7-16-17(12-15)26-20(25-16)8-4-3-5-9-20/h6-7,12H,3-5,8-11,13-14H2,1-2H3,(H,21,23). The first-order valence-corrected chi connectivity index (χ1v) is 9.61. The fraction of sp³-hybridized carbons (Fsp3) is 0.650. The van der Waals surface area contributed by atoms with Crippen LogP contribution in [0.4, 0.5) is 5.69 Å². The van der Waals surface area contributed by atoms with Crippen molar-refractivity contribution < 1.29 is 19.0 Å². The Labute approximate surface area is 154 Å². The number of nitrogens with one attached hydrogen (secondary N) is 1. The largest absolute Gasteiger partial charge is 0.448 e. The lowest BCUT2D eigenvalue weighted by Crippen LogP contribution is -2.50. The lowest BCUT2D eigenvalue weighted by atomic mass is 9.94. The van der Waals surface area contributed by atoms with Gasteiger partial charge < -0.3 is 19.5 Å². The molecule has 2 aliphatic heterocycles. The molecule has 0 unspecified atom stereocenters. The van der Waals surface area contributed by atoms with Crippen molar-refractivity contribution in [2.24, 2.45) is 0 Å². The van der Waals surface area contributed by atoms with Gasteiger partial charge in [-0.1, -0.05) is 6.42 Å². The van der Waals surface area contributed by atoms with Crippen LogP contribution in [0.1, 0.15) is 46.0 Å². The summed E-state index contributed by atoms with van der Waals surface area (Å²) in [6, 6.07) is 5.65. The molecule has 0 radical (unpaired) electrons. The third-order valence-electron chi connectivity index (χ3n) is 5.31. The van der Waals surface area contributed by atoms with Gasteiger partial charge in [0.25, 0.3) is 5.79 Å². The van der Waals surface area contributed by atoms with E-state index in [1.54, 1.807) is 0 Å². The Bertz CT molecular complexity index is 682. The highest BCUT2D eigenvalue weighted by Crippen LogP contribution is 2.46. The minimum Gasteiger partial charge on any atom is -0.448 e. The molecule has 1 spiro atoms. The molecule has 0 aromatic heterocycles. The molecule has 1 amide bonds. The quantitative estimate of drug-likeness (QED) is 0.897. The molecular weight excluding hydrogens is 332 g/mol. The van der Waals surface area contributed by atoms with Gasteiger partial charge in [0.05, 0.1) is 18.8 Å². The van der Waals surface area contributed by atoms with Crippen LogP contribution in [0, 0.1) is 0 Å². The first kappa shape index (κ1) is 17.6. The molecular formula is C20H28N2O4. The van der Waals surface area contributed by atoms with E-state index in [4.69, 9.17) is 14.2 Å². The predicted molar refractivity (Wildman–Crippen MR) is 98.6 cm³/mol. The van der Waals surface area contributed by atoms with Crippen LogP contribution in [0.2, 0.25) is 0 Å². The lowest BCUT2D eigenvalue weighted by molar-refractivity contribution is -0.122. The van der Waals surface area contributed by atoms with Crippen LogP contribution in [-0.4, -0.2) is 48.4 Å². The van der Waals surface area contributed by atoms with Gasteiger partial charge in [0.15, 0.2) is 11.5 Å². The highest BCUT2D eigenvalue weighted by molar-refractivity contribution is 5.92. The van der Waals surface area contributed by atoms with Crippen LogP contribution in [0.25, 0.3) is 0 Å². The highest BCUT2D eigenvalue weighted by atomic mass is 16.7. The molecule has 1 saturated heterocycles. The SMILES string of the molecule is CC1(C)CN(CC(=O)Nc2ccc3c(c2)OC2(CCCCC2)O3)CCO1. The Balaban J connectivity index is 1.36. The molecule has 1 N–H and O–H groups in total. The number of carbonyl (C=O) groups is 1. The van der Waals surface area contributed by atoms with Gasteiger partial charge in [0, 0.05) is 37.7 Å². The van der Waals surface area contributed by atoms with Crippen LogP contribution < -0.4 is 14.8 Å². The highest BCUT2D eigenvalue weighted by Gasteiger charge is 2.42. The molecule has 6 heteroatoms. The number of nitrogens with zero attached hydrogens (tertiary/aromatic N) is 1. The molecule has 0 bridgehead atoms. The van der Waals surface area contributed by atoms with E-state index in [0.717, 1.165) is 56.0 Å². The molecule has 2 heterocycles. The zero-order valence-corrected chi connectivity index (χ0v) is 15.7. The first-order valence-electron chi connectivity index (χ1n) is 9.61. The fourth-order valence-corrected chi connectivity index (χ4v) is 4.12. The van der Waals surface area contributed by atoms with E-state index in [9.17, 15) is 4.79 Å². The number of ether oxygens (including phenoxy) is 3. The molecule has 3 aliphatic rings. The van der Waals surface area contributed by atoms with Gasteiger partial charge in [-0.25, -0.2) is 0 Å². The summed E-state index contributed by atoms with van der Waals surface area (Å²) in [4.78, 5) is 14.5. The van der Waals surface area contributed by atoms with E-state index in [1.807, 2.05) is 18.2 Å². The average Bonchev–Trinajstić information content (AvgIpc) is 2.91. The first-order chi connectivity index (χ1) is 12.4. The van der Waals surface area contributed by atoms with Crippen molar-refractivity contribution in [2.75, 3.05) is 31.6 Å². The van der Waals surface area contributed by atoms with Crippen molar-refractivity contribution in [1.29, 1.82) is 0 Å². The number of rotatable bonds is 3. The maximum absolute atomic E-state index is 12.4. The lowest BCUT2D eigenvalue weighted by Gasteiger charge is -2.37. The van der Waals surface area contributed by atoms with E-state index >= 15 is 0 Å². The van der Waals surface area contributed by atoms with E-state index < -0.39 is 5.79 Å². The number of amides is 1. The number of anilines is 1. The summed E-state index contributed by atoms with van der Waals surface area (Å²) in [6.07, 6.45) is 5.36. The van der Waals surface area contributed by atoms with Gasteiger partial charge in [-0.15, -0.1) is 0 Å². The Kier molecular flexibility index (Phi) is 4.57. The van der Waals surface area contributed by atoms with Crippen LogP contribution >= 0.6 is 0 Å². The van der Waals surface area contributed by atoms with Crippen molar-refractivity contribution in [3.8, 4) is 11.5 Å². The molecule has 2 fully saturated rings. The molecule has 26 heavy (non-hydrogen) atoms. The van der Waals surface area contributed by atoms with Crippen molar-refractivity contribution in [1.82, 2.24) is 4.90 Å². The second-order valence-electron chi connectivity index (χ2n) is 8.20. The third kappa shape index (κ3) is 3.81. The van der Waals surface area contributed by atoms with Gasteiger partial charge in [0.1, 0.15) is 0 Å². The number of fused-ring (bicyclic) bond motifs is 1. The Morgan fingerprint density at radius 2 is 1.92 bits per heavy atom. The van der Waals surface area contributed by atoms with Crippen LogP contribution in [0.15, 0.2) is 18.2 Å². The Hall–Kier alpha value is -1.79. The van der Waals surface area contributed by atoms with E-state index in [1.165, 1.54) is 6.42 Å². The Morgan fingerprint density at radius 3 is 2.69 bits per heavy atom. The predicted octanol–water partition coefficient (Wildman–Crippen LogP) is 3.17. The number of benzene rings is 1. The van der Waals surface area contributed by atoms with Gasteiger partial charge in [-0.05, 0) is 38.8 Å². The van der Waals surface area contributed by atoms with Gasteiger partial charge >= 0.3 is 0 Å². The topological polar surface area (TPSA) is 60.0 Å². The van der Waals surface area contributed by atoms with Crippen molar-refractivity contribution in [3.63, 3.8) is 0 Å². The molecule has 4 rings (SSSR count). The number of hydrogen-bond acceptors (Lipinski definition) is 5. The summed E-state index contributed by atoms with van der Waals surface area (Å²) in [6.45, 7) is 6.66. The number of morpholine rings is 1.